The predicted octanol–water partition coefficient (Wildman–Crippen LogP) is 4.77. The third-order valence-corrected chi connectivity index (χ3v) is 4.77. The second-order valence-corrected chi connectivity index (χ2v) is 7.04. The van der Waals surface area contributed by atoms with Crippen molar-refractivity contribution in [2.24, 2.45) is 0 Å². The number of aromatic nitrogens is 2. The van der Waals surface area contributed by atoms with Crippen LogP contribution in [0.5, 0.6) is 0 Å². The van der Waals surface area contributed by atoms with Gasteiger partial charge in [-0.15, -0.1) is 10.2 Å². The highest BCUT2D eigenvalue weighted by Crippen LogP contribution is 2.24. The molecule has 0 spiro atoms. The van der Waals surface area contributed by atoms with Crippen LogP contribution in [0.4, 0.5) is 14.5 Å². The first-order valence-corrected chi connectivity index (χ1v) is 9.20. The van der Waals surface area contributed by atoms with Crippen molar-refractivity contribution in [3.05, 3.63) is 71.3 Å². The molecule has 0 aliphatic heterocycles. The zero-order valence-electron chi connectivity index (χ0n) is 14.8. The van der Waals surface area contributed by atoms with Crippen molar-refractivity contribution < 1.29 is 13.6 Å². The number of rotatable bonds is 5. The molecule has 2 aromatic carbocycles. The standard InChI is InChI=1S/C20H17F2N3OS/c1-12-3-5-15(13(2)9-12)18-7-8-20(25-24-18)27-11-19(26)23-14-4-6-16(21)17(22)10-14/h3-10H,11H2,1-2H3,(H,23,26). The second kappa shape index (κ2) is 8.26. The molecule has 1 aromatic heterocycles. The van der Waals surface area contributed by atoms with Gasteiger partial charge in [-0.1, -0.05) is 35.5 Å². The lowest BCUT2D eigenvalue weighted by atomic mass is 10.0. The monoisotopic (exact) mass is 385 g/mol. The van der Waals surface area contributed by atoms with Crippen molar-refractivity contribution in [3.8, 4) is 11.3 Å². The summed E-state index contributed by atoms with van der Waals surface area (Å²) < 4.78 is 26.1. The van der Waals surface area contributed by atoms with Crippen LogP contribution in [-0.4, -0.2) is 21.9 Å². The maximum atomic E-state index is 13.2. The molecule has 1 heterocycles. The van der Waals surface area contributed by atoms with Crippen LogP contribution < -0.4 is 5.32 Å². The van der Waals surface area contributed by atoms with Crippen molar-refractivity contribution in [1.82, 2.24) is 10.2 Å². The van der Waals surface area contributed by atoms with E-state index in [4.69, 9.17) is 0 Å². The molecule has 3 aromatic rings. The maximum absolute atomic E-state index is 13.2. The largest absolute Gasteiger partial charge is 0.325 e. The molecular weight excluding hydrogens is 368 g/mol. The summed E-state index contributed by atoms with van der Waals surface area (Å²) in [5.41, 5.74) is 4.29. The molecule has 1 N–H and O–H groups in total. The first kappa shape index (κ1) is 19.0. The topological polar surface area (TPSA) is 54.9 Å². The fraction of sp³-hybridized carbons (Fsp3) is 0.150. The van der Waals surface area contributed by atoms with Crippen LogP contribution >= 0.6 is 11.8 Å². The zero-order chi connectivity index (χ0) is 19.4. The van der Waals surface area contributed by atoms with E-state index in [1.165, 1.54) is 23.4 Å². The van der Waals surface area contributed by atoms with E-state index in [1.807, 2.05) is 32.0 Å². The summed E-state index contributed by atoms with van der Waals surface area (Å²) >= 11 is 1.21. The summed E-state index contributed by atoms with van der Waals surface area (Å²) in [7, 11) is 0. The third-order valence-electron chi connectivity index (χ3n) is 3.85. The van der Waals surface area contributed by atoms with E-state index in [2.05, 4.69) is 21.6 Å². The number of nitrogens with one attached hydrogen (secondary N) is 1. The molecule has 0 saturated heterocycles. The van der Waals surface area contributed by atoms with Crippen molar-refractivity contribution in [1.29, 1.82) is 0 Å². The Morgan fingerprint density at radius 3 is 2.48 bits per heavy atom. The van der Waals surface area contributed by atoms with Crippen LogP contribution in [-0.2, 0) is 4.79 Å². The van der Waals surface area contributed by atoms with Crippen molar-refractivity contribution in [2.45, 2.75) is 18.9 Å². The molecule has 0 atom stereocenters. The van der Waals surface area contributed by atoms with Gasteiger partial charge in [0.2, 0.25) is 5.91 Å². The van der Waals surface area contributed by atoms with Gasteiger partial charge in [-0.25, -0.2) is 8.78 Å². The average molecular weight is 385 g/mol. The second-order valence-electron chi connectivity index (χ2n) is 6.04. The van der Waals surface area contributed by atoms with Gasteiger partial charge in [0.15, 0.2) is 11.6 Å². The molecule has 0 aliphatic carbocycles. The first-order chi connectivity index (χ1) is 12.9. The Labute approximate surface area is 160 Å². The number of hydrogen-bond donors (Lipinski definition) is 1. The first-order valence-electron chi connectivity index (χ1n) is 8.21. The molecular formula is C20H17F2N3OS. The smallest absolute Gasteiger partial charge is 0.234 e. The summed E-state index contributed by atoms with van der Waals surface area (Å²) in [6.45, 7) is 4.06. The van der Waals surface area contributed by atoms with E-state index in [9.17, 15) is 13.6 Å². The molecule has 4 nitrogen and oxygen atoms in total. The number of thioether (sulfide) groups is 1. The normalized spacial score (nSPS) is 10.7. The van der Waals surface area contributed by atoms with Crippen LogP contribution in [0.2, 0.25) is 0 Å². The number of hydrogen-bond acceptors (Lipinski definition) is 4. The number of carbonyl (C=O) groups is 1. The Morgan fingerprint density at radius 1 is 1.00 bits per heavy atom. The number of halogens is 2. The minimum atomic E-state index is -1.01. The van der Waals surface area contributed by atoms with E-state index in [0.29, 0.717) is 5.03 Å². The highest BCUT2D eigenvalue weighted by Gasteiger charge is 2.09. The predicted molar refractivity (Wildman–Crippen MR) is 103 cm³/mol. The number of benzene rings is 2. The lowest BCUT2D eigenvalue weighted by molar-refractivity contribution is -0.113. The summed E-state index contributed by atoms with van der Waals surface area (Å²) in [5, 5.41) is 11.5. The van der Waals surface area contributed by atoms with Crippen LogP contribution in [0.3, 0.4) is 0 Å². The van der Waals surface area contributed by atoms with Gasteiger partial charge in [-0.3, -0.25) is 4.79 Å². The Hall–Kier alpha value is -2.80. The van der Waals surface area contributed by atoms with Gasteiger partial charge in [0.05, 0.1) is 11.4 Å². The molecule has 0 unspecified atom stereocenters. The van der Waals surface area contributed by atoms with Crippen molar-refractivity contribution >= 4 is 23.4 Å². The fourth-order valence-corrected chi connectivity index (χ4v) is 3.17. The number of nitrogens with zero attached hydrogens (tertiary/aromatic N) is 2. The molecule has 0 aliphatic rings. The maximum Gasteiger partial charge on any atom is 0.234 e. The van der Waals surface area contributed by atoms with E-state index in [0.717, 1.165) is 29.0 Å². The summed E-state index contributed by atoms with van der Waals surface area (Å²) in [6, 6.07) is 13.0. The van der Waals surface area contributed by atoms with Gasteiger partial charge in [0, 0.05) is 17.3 Å². The van der Waals surface area contributed by atoms with Crippen molar-refractivity contribution in [2.75, 3.05) is 11.1 Å². The molecule has 27 heavy (non-hydrogen) atoms. The minimum absolute atomic E-state index is 0.0799. The molecule has 7 heteroatoms. The summed E-state index contributed by atoms with van der Waals surface area (Å²) in [5.74, 6) is -2.22. The lowest BCUT2D eigenvalue weighted by Crippen LogP contribution is -2.14. The van der Waals surface area contributed by atoms with Gasteiger partial charge >= 0.3 is 0 Å². The summed E-state index contributed by atoms with van der Waals surface area (Å²) in [4.78, 5) is 12.0. The van der Waals surface area contributed by atoms with Crippen LogP contribution in [0, 0.1) is 25.5 Å². The highest BCUT2D eigenvalue weighted by molar-refractivity contribution is 7.99. The van der Waals surface area contributed by atoms with Gasteiger partial charge in [0.1, 0.15) is 5.03 Å². The molecule has 138 valence electrons. The fourth-order valence-electron chi connectivity index (χ4n) is 2.55. The Balaban J connectivity index is 1.59. The SMILES string of the molecule is Cc1ccc(-c2ccc(SCC(=O)Nc3ccc(F)c(F)c3)nn2)c(C)c1. The van der Waals surface area contributed by atoms with Crippen LogP contribution in [0.1, 0.15) is 11.1 Å². The lowest BCUT2D eigenvalue weighted by Gasteiger charge is -2.07. The number of amides is 1. The van der Waals surface area contributed by atoms with E-state index in [-0.39, 0.29) is 17.3 Å². The Kier molecular flexibility index (Phi) is 5.81. The minimum Gasteiger partial charge on any atom is -0.325 e. The van der Waals surface area contributed by atoms with Gasteiger partial charge < -0.3 is 5.32 Å². The van der Waals surface area contributed by atoms with Crippen LogP contribution in [0.25, 0.3) is 11.3 Å². The molecule has 0 saturated carbocycles. The Bertz CT molecular complexity index is 977. The van der Waals surface area contributed by atoms with Crippen LogP contribution in [0.15, 0.2) is 53.6 Å². The molecule has 0 radical (unpaired) electrons. The number of aryl methyl sites for hydroxylation is 2. The van der Waals surface area contributed by atoms with Gasteiger partial charge in [-0.2, -0.15) is 0 Å². The molecule has 1 amide bonds. The van der Waals surface area contributed by atoms with E-state index >= 15 is 0 Å². The van der Waals surface area contributed by atoms with Crippen molar-refractivity contribution in [3.63, 3.8) is 0 Å². The molecule has 0 bridgehead atoms. The molecule has 0 fully saturated rings. The van der Waals surface area contributed by atoms with E-state index in [1.54, 1.807) is 6.07 Å². The average Bonchev–Trinajstić information content (AvgIpc) is 2.64. The number of anilines is 1. The number of carbonyl (C=O) groups excluding carboxylic acids is 1. The van der Waals surface area contributed by atoms with E-state index < -0.39 is 11.6 Å². The Morgan fingerprint density at radius 2 is 1.81 bits per heavy atom. The third kappa shape index (κ3) is 4.89. The highest BCUT2D eigenvalue weighted by atomic mass is 32.2. The van der Waals surface area contributed by atoms with Gasteiger partial charge in [-0.05, 0) is 43.7 Å². The quantitative estimate of drug-likeness (QED) is 0.643. The zero-order valence-corrected chi connectivity index (χ0v) is 15.6. The molecule has 3 rings (SSSR count). The summed E-state index contributed by atoms with van der Waals surface area (Å²) in [6.07, 6.45) is 0. The van der Waals surface area contributed by atoms with Gasteiger partial charge in [0.25, 0.3) is 0 Å².